The highest BCUT2D eigenvalue weighted by Gasteiger charge is 2.98. The number of rotatable bonds is 22. The summed E-state index contributed by atoms with van der Waals surface area (Å²) in [5.41, 5.74) is 0. The summed E-state index contributed by atoms with van der Waals surface area (Å²) in [6.45, 7) is -6.46. The van der Waals surface area contributed by atoms with E-state index in [2.05, 4.69) is 9.05 Å². The van der Waals surface area contributed by atoms with Crippen LogP contribution in [0.25, 0.3) is 0 Å². The quantitative estimate of drug-likeness (QED) is 0.0867. The summed E-state index contributed by atoms with van der Waals surface area (Å²) in [7, 11) is -7.06. The Bertz CT molecular complexity index is 1720. The van der Waals surface area contributed by atoms with Crippen LogP contribution in [0.2, 0.25) is 0 Å². The Kier molecular flexibility index (Phi) is 15.6. The van der Waals surface area contributed by atoms with E-state index in [0.717, 1.165) is 0 Å². The van der Waals surface area contributed by atoms with Gasteiger partial charge in [-0.05, 0) is 0 Å². The molecule has 392 valence electrons. The topological polar surface area (TPSA) is 55.8 Å². The molecule has 0 saturated heterocycles. The minimum atomic E-state index is -9.62. The lowest BCUT2D eigenvalue weighted by Crippen LogP contribution is -2.76. The first-order valence-electron chi connectivity index (χ1n) is 14.2. The predicted octanol–water partition coefficient (Wildman–Crippen LogP) is 13.2. The molecular formula is C22H9F38O4P. The summed E-state index contributed by atoms with van der Waals surface area (Å²) in [4.78, 5) is 9.00. The Hall–Kier alpha value is -2.55. The van der Waals surface area contributed by atoms with Gasteiger partial charge in [-0.25, -0.2) is 4.57 Å². The second-order valence-electron chi connectivity index (χ2n) is 12.1. The van der Waals surface area contributed by atoms with Gasteiger partial charge < -0.3 is 4.89 Å². The van der Waals surface area contributed by atoms with Gasteiger partial charge in [0.05, 0.1) is 13.2 Å². The van der Waals surface area contributed by atoms with Crippen molar-refractivity contribution < 1.29 is 185 Å². The molecule has 0 aliphatic rings. The van der Waals surface area contributed by atoms with Crippen molar-refractivity contribution >= 4 is 7.82 Å². The largest absolute Gasteiger partial charge is 0.472 e. The van der Waals surface area contributed by atoms with E-state index in [1.54, 1.807) is 0 Å². The molecule has 0 aromatic carbocycles. The number of halogens is 38. The van der Waals surface area contributed by atoms with Crippen LogP contribution in [-0.2, 0) is 13.6 Å². The first-order chi connectivity index (χ1) is 27.4. The fraction of sp³-hybridized carbons (Fsp3) is 1.00. The van der Waals surface area contributed by atoms with E-state index < -0.39 is 141 Å². The lowest BCUT2D eigenvalue weighted by atomic mass is 9.86. The molecule has 0 bridgehead atoms. The third kappa shape index (κ3) is 8.76. The molecule has 1 atom stereocenters. The molecule has 43 heteroatoms. The van der Waals surface area contributed by atoms with Gasteiger partial charge in [0.1, 0.15) is 0 Å². The third-order valence-corrected chi connectivity index (χ3v) is 8.72. The predicted molar refractivity (Wildman–Crippen MR) is 122 cm³/mol. The van der Waals surface area contributed by atoms with Crippen LogP contribution >= 0.6 is 7.82 Å². The van der Waals surface area contributed by atoms with Gasteiger partial charge in [0.25, 0.3) is 0 Å². The molecule has 0 spiro atoms. The van der Waals surface area contributed by atoms with E-state index in [1.165, 1.54) is 0 Å². The molecule has 1 unspecified atom stereocenters. The lowest BCUT2D eigenvalue weighted by Gasteiger charge is -2.44. The molecule has 0 saturated carbocycles. The molecule has 0 aliphatic carbocycles. The van der Waals surface area contributed by atoms with Crippen molar-refractivity contribution in [3.8, 4) is 0 Å². The van der Waals surface area contributed by atoms with Gasteiger partial charge in [-0.2, -0.15) is 167 Å². The SMILES string of the molecule is O=P(O)(OCCC(F)(F)C(F)(F)C(F)(F)C(F)(F)C(F)(F)C(F)(F)C(F)(F)C(F)(F)F)OCCC(F)(F)C(F)(F)C(F)(F)C(F)(F)C(F)(F)C(F)(F)C(F)(F)C(F)(F)C(F)(F)C(F)(F)F. The first-order valence-corrected chi connectivity index (χ1v) is 15.7. The molecule has 0 radical (unpaired) electrons. The molecule has 0 aromatic heterocycles. The Balaban J connectivity index is 6.48. The zero-order chi connectivity index (χ0) is 53.7. The van der Waals surface area contributed by atoms with Crippen molar-refractivity contribution in [1.29, 1.82) is 0 Å². The summed E-state index contributed by atoms with van der Waals surface area (Å²) in [5, 5.41) is 0. The fourth-order valence-electron chi connectivity index (χ4n) is 3.72. The van der Waals surface area contributed by atoms with Gasteiger partial charge in [0, 0.05) is 12.8 Å². The molecule has 0 rings (SSSR count). The number of phosphoric acid groups is 1. The zero-order valence-corrected chi connectivity index (χ0v) is 29.2. The second kappa shape index (κ2) is 16.3. The Labute approximate surface area is 327 Å². The van der Waals surface area contributed by atoms with E-state index in [-0.39, 0.29) is 0 Å². The molecule has 0 aromatic rings. The van der Waals surface area contributed by atoms with Crippen LogP contribution in [0.3, 0.4) is 0 Å². The van der Waals surface area contributed by atoms with Crippen molar-refractivity contribution in [2.75, 3.05) is 13.2 Å². The van der Waals surface area contributed by atoms with E-state index in [4.69, 9.17) is 4.89 Å². The van der Waals surface area contributed by atoms with E-state index in [0.29, 0.717) is 0 Å². The van der Waals surface area contributed by atoms with E-state index >= 15 is 0 Å². The fourth-order valence-corrected chi connectivity index (χ4v) is 4.44. The maximum absolute atomic E-state index is 13.9. The van der Waals surface area contributed by atoms with Crippen molar-refractivity contribution in [3.63, 3.8) is 0 Å². The van der Waals surface area contributed by atoms with Crippen molar-refractivity contribution in [2.24, 2.45) is 0 Å². The molecular weight excluding hydrogens is 1080 g/mol. The smallest absolute Gasteiger partial charge is 0.302 e. The molecule has 65 heavy (non-hydrogen) atoms. The van der Waals surface area contributed by atoms with Crippen LogP contribution in [0.4, 0.5) is 167 Å². The van der Waals surface area contributed by atoms with Crippen LogP contribution in [0, 0.1) is 0 Å². The lowest BCUT2D eigenvalue weighted by molar-refractivity contribution is -0.474. The number of alkyl halides is 38. The van der Waals surface area contributed by atoms with E-state index in [1.807, 2.05) is 0 Å². The normalized spacial score (nSPS) is 17.7. The molecule has 1 N–H and O–H groups in total. The van der Waals surface area contributed by atoms with Crippen LogP contribution in [0.5, 0.6) is 0 Å². The highest BCUT2D eigenvalue weighted by Crippen LogP contribution is 2.68. The summed E-state index contributed by atoms with van der Waals surface area (Å²) < 4.78 is 524. The monoisotopic (exact) mass is 1090 g/mol. The number of hydrogen-bond acceptors (Lipinski definition) is 3. The highest BCUT2D eigenvalue weighted by molar-refractivity contribution is 7.47. The molecule has 0 heterocycles. The number of phosphoric ester groups is 1. The summed E-state index contributed by atoms with van der Waals surface area (Å²) in [6.07, 6.45) is -24.1. The van der Waals surface area contributed by atoms with Gasteiger partial charge >= 0.3 is 115 Å². The van der Waals surface area contributed by atoms with Crippen molar-refractivity contribution in [2.45, 2.75) is 120 Å². The van der Waals surface area contributed by atoms with Crippen LogP contribution in [-0.4, -0.2) is 125 Å². The Morgan fingerprint density at radius 3 is 0.554 bits per heavy atom. The van der Waals surface area contributed by atoms with Gasteiger partial charge in [-0.3, -0.25) is 9.05 Å². The van der Waals surface area contributed by atoms with Crippen LogP contribution in [0.1, 0.15) is 12.8 Å². The molecule has 0 aliphatic heterocycles. The Morgan fingerprint density at radius 2 is 0.400 bits per heavy atom. The zero-order valence-electron chi connectivity index (χ0n) is 28.3. The van der Waals surface area contributed by atoms with Gasteiger partial charge in [-0.15, -0.1) is 0 Å². The van der Waals surface area contributed by atoms with Gasteiger partial charge in [-0.1, -0.05) is 0 Å². The van der Waals surface area contributed by atoms with Crippen LogP contribution < -0.4 is 0 Å². The van der Waals surface area contributed by atoms with E-state index in [9.17, 15) is 171 Å². The maximum Gasteiger partial charge on any atom is 0.472 e. The van der Waals surface area contributed by atoms with Crippen molar-refractivity contribution in [3.05, 3.63) is 0 Å². The maximum atomic E-state index is 13.9. The molecule has 0 amide bonds. The standard InChI is InChI=1S/C22H9F38O4P/c23-5(24,7(27,28)9(31,32)11(35,36)13(39,40)14(41,42)16(45,46)18(49,50)20(53,54)22(58,59)60)1-3-63-65(61,62)64-4-2-6(25,26)8(29,30)10(33,34)12(37,38)15(43,44)17(47,48)19(51,52)21(55,56)57/h1-4H2,(H,61,62). The third-order valence-electron chi connectivity index (χ3n) is 7.70. The average molecular weight is 1090 g/mol. The highest BCUT2D eigenvalue weighted by atomic mass is 31.2. The minimum absolute atomic E-state index is 2.97. The molecule has 0 fully saturated rings. The minimum Gasteiger partial charge on any atom is -0.302 e. The number of hydrogen-bond donors (Lipinski definition) is 1. The van der Waals surface area contributed by atoms with Crippen LogP contribution in [0.15, 0.2) is 0 Å². The first kappa shape index (κ1) is 62.4. The van der Waals surface area contributed by atoms with Gasteiger partial charge in [0.15, 0.2) is 0 Å². The van der Waals surface area contributed by atoms with Gasteiger partial charge in [0.2, 0.25) is 0 Å². The second-order valence-corrected chi connectivity index (χ2v) is 13.5. The molecule has 4 nitrogen and oxygen atoms in total. The summed E-state index contributed by atoms with van der Waals surface area (Å²) in [6, 6.07) is 0. The summed E-state index contributed by atoms with van der Waals surface area (Å²) in [5.74, 6) is -142. The Morgan fingerprint density at radius 1 is 0.262 bits per heavy atom. The summed E-state index contributed by atoms with van der Waals surface area (Å²) >= 11 is 0. The van der Waals surface area contributed by atoms with Crippen molar-refractivity contribution in [1.82, 2.24) is 0 Å². The average Bonchev–Trinajstić information content (AvgIpc) is 3.05.